The van der Waals surface area contributed by atoms with Crippen molar-refractivity contribution >= 4 is 11.9 Å². The summed E-state index contributed by atoms with van der Waals surface area (Å²) < 4.78 is 5.58. The van der Waals surface area contributed by atoms with Crippen LogP contribution in [0.2, 0.25) is 0 Å². The summed E-state index contributed by atoms with van der Waals surface area (Å²) >= 11 is 0. The number of likely N-dealkylation sites (tertiary alicyclic amines) is 1. The zero-order chi connectivity index (χ0) is 16.9. The van der Waals surface area contributed by atoms with Crippen LogP contribution in [-0.4, -0.2) is 56.8 Å². The fourth-order valence-corrected chi connectivity index (χ4v) is 2.96. The van der Waals surface area contributed by atoms with Gasteiger partial charge < -0.3 is 19.8 Å². The van der Waals surface area contributed by atoms with Crippen LogP contribution < -0.4 is 0 Å². The number of hydrogen-bond donors (Lipinski definition) is 2. The zero-order valence-corrected chi connectivity index (χ0v) is 13.1. The number of aromatic nitrogens is 1. The van der Waals surface area contributed by atoms with Crippen molar-refractivity contribution in [3.05, 3.63) is 30.1 Å². The molecule has 7 nitrogen and oxygen atoms in total. The van der Waals surface area contributed by atoms with Gasteiger partial charge in [0.25, 0.3) is 5.91 Å². The van der Waals surface area contributed by atoms with E-state index in [2.05, 4.69) is 4.98 Å². The van der Waals surface area contributed by atoms with E-state index in [0.29, 0.717) is 19.4 Å². The third kappa shape index (κ3) is 3.68. The van der Waals surface area contributed by atoms with E-state index in [1.54, 1.807) is 31.5 Å². The molecule has 0 radical (unpaired) electrons. The predicted molar refractivity (Wildman–Crippen MR) is 81.5 cm³/mol. The summed E-state index contributed by atoms with van der Waals surface area (Å²) in [6.45, 7) is 1.97. The van der Waals surface area contributed by atoms with Crippen LogP contribution in [0.3, 0.4) is 0 Å². The molecule has 0 saturated carbocycles. The maximum Gasteiger partial charge on any atom is 0.329 e. The van der Waals surface area contributed by atoms with Gasteiger partial charge in [-0.1, -0.05) is 0 Å². The van der Waals surface area contributed by atoms with E-state index in [4.69, 9.17) is 4.74 Å². The van der Waals surface area contributed by atoms with Crippen molar-refractivity contribution in [2.75, 3.05) is 13.2 Å². The lowest BCUT2D eigenvalue weighted by atomic mass is 9.92. The van der Waals surface area contributed by atoms with Gasteiger partial charge in [0, 0.05) is 32.0 Å². The van der Waals surface area contributed by atoms with E-state index in [1.807, 2.05) is 0 Å². The lowest BCUT2D eigenvalue weighted by molar-refractivity contribution is -0.162. The van der Waals surface area contributed by atoms with E-state index in [1.165, 1.54) is 4.90 Å². The number of aliphatic hydroxyl groups excluding tert-OH is 1. The predicted octanol–water partition coefficient (Wildman–Crippen LogP) is 0.815. The molecular formula is C16H22N2O5. The molecule has 0 spiro atoms. The SMILES string of the molecule is CC(OCc1ccncc1)C(=O)N1CCCC1(CCO)C(=O)O. The fraction of sp³-hybridized carbons (Fsp3) is 0.562. The molecule has 2 rings (SSSR count). The second-order valence-electron chi connectivity index (χ2n) is 5.71. The Kier molecular flexibility index (Phi) is 5.68. The molecular weight excluding hydrogens is 300 g/mol. The molecule has 1 fully saturated rings. The molecule has 1 saturated heterocycles. The smallest absolute Gasteiger partial charge is 0.329 e. The highest BCUT2D eigenvalue weighted by atomic mass is 16.5. The van der Waals surface area contributed by atoms with Gasteiger partial charge in [-0.3, -0.25) is 9.78 Å². The first-order valence-electron chi connectivity index (χ1n) is 7.67. The Morgan fingerprint density at radius 2 is 2.13 bits per heavy atom. The fourth-order valence-electron chi connectivity index (χ4n) is 2.96. The number of aliphatic carboxylic acids is 1. The van der Waals surface area contributed by atoms with Crippen molar-refractivity contribution in [3.8, 4) is 0 Å². The third-order valence-electron chi connectivity index (χ3n) is 4.28. The second kappa shape index (κ2) is 7.52. The van der Waals surface area contributed by atoms with Gasteiger partial charge in [0.15, 0.2) is 0 Å². The molecule has 0 bridgehead atoms. The van der Waals surface area contributed by atoms with Crippen LogP contribution in [0, 0.1) is 0 Å². The van der Waals surface area contributed by atoms with Crippen LogP contribution in [0.15, 0.2) is 24.5 Å². The lowest BCUT2D eigenvalue weighted by Crippen LogP contribution is -2.56. The van der Waals surface area contributed by atoms with Gasteiger partial charge >= 0.3 is 5.97 Å². The minimum absolute atomic E-state index is 0.0329. The number of carboxylic acids is 1. The largest absolute Gasteiger partial charge is 0.479 e. The monoisotopic (exact) mass is 322 g/mol. The molecule has 1 amide bonds. The highest BCUT2D eigenvalue weighted by Gasteiger charge is 2.50. The standard InChI is InChI=1S/C16H22N2O5/c1-12(23-11-13-3-7-17-8-4-13)14(20)18-9-2-5-16(18,6-10-19)15(21)22/h3-4,7-8,12,19H,2,5-6,9-11H2,1H3,(H,21,22). The number of hydrogen-bond acceptors (Lipinski definition) is 5. The van der Waals surface area contributed by atoms with Gasteiger partial charge in [-0.15, -0.1) is 0 Å². The minimum atomic E-state index is -1.32. The minimum Gasteiger partial charge on any atom is -0.479 e. The maximum absolute atomic E-state index is 12.6. The van der Waals surface area contributed by atoms with E-state index in [0.717, 1.165) is 5.56 Å². The van der Waals surface area contributed by atoms with Crippen molar-refractivity contribution in [2.24, 2.45) is 0 Å². The van der Waals surface area contributed by atoms with E-state index >= 15 is 0 Å². The molecule has 1 aliphatic rings. The Hall–Kier alpha value is -1.99. The molecule has 2 atom stereocenters. The number of rotatable bonds is 7. The summed E-state index contributed by atoms with van der Waals surface area (Å²) in [5.74, 6) is -1.42. The van der Waals surface area contributed by atoms with Gasteiger partial charge in [-0.25, -0.2) is 4.79 Å². The van der Waals surface area contributed by atoms with Gasteiger partial charge in [0.2, 0.25) is 0 Å². The number of nitrogens with zero attached hydrogens (tertiary/aromatic N) is 2. The molecule has 126 valence electrons. The maximum atomic E-state index is 12.6. The molecule has 7 heteroatoms. The van der Waals surface area contributed by atoms with E-state index in [-0.39, 0.29) is 25.5 Å². The van der Waals surface area contributed by atoms with Crippen LogP contribution >= 0.6 is 0 Å². The van der Waals surface area contributed by atoms with Crippen molar-refractivity contribution in [2.45, 2.75) is 44.4 Å². The van der Waals surface area contributed by atoms with E-state index in [9.17, 15) is 19.8 Å². The third-order valence-corrected chi connectivity index (χ3v) is 4.28. The summed E-state index contributed by atoms with van der Waals surface area (Å²) in [4.78, 5) is 29.5. The molecule has 1 aliphatic heterocycles. The number of aliphatic hydroxyl groups is 1. The number of ether oxygens (including phenoxy) is 1. The van der Waals surface area contributed by atoms with Gasteiger partial charge in [-0.05, 0) is 37.5 Å². The molecule has 2 N–H and O–H groups in total. The Labute approximate surface area is 134 Å². The van der Waals surface area contributed by atoms with E-state index < -0.39 is 17.6 Å². The molecule has 2 heterocycles. The Bertz CT molecular complexity index is 551. The van der Waals surface area contributed by atoms with Crippen molar-refractivity contribution in [3.63, 3.8) is 0 Å². The van der Waals surface area contributed by atoms with Crippen LogP contribution in [0.4, 0.5) is 0 Å². The summed E-state index contributed by atoms with van der Waals surface area (Å²) in [6, 6.07) is 3.58. The highest BCUT2D eigenvalue weighted by molar-refractivity contribution is 5.89. The summed E-state index contributed by atoms with van der Waals surface area (Å²) in [5.41, 5.74) is -0.430. The van der Waals surface area contributed by atoms with Crippen LogP contribution in [-0.2, 0) is 20.9 Å². The molecule has 1 aromatic rings. The number of amides is 1. The number of carbonyl (C=O) groups excluding carboxylic acids is 1. The Morgan fingerprint density at radius 1 is 1.43 bits per heavy atom. The lowest BCUT2D eigenvalue weighted by Gasteiger charge is -2.35. The Balaban J connectivity index is 2.04. The first-order valence-corrected chi connectivity index (χ1v) is 7.67. The first-order chi connectivity index (χ1) is 11.0. The topological polar surface area (TPSA) is 100.0 Å². The molecule has 0 aliphatic carbocycles. The molecule has 23 heavy (non-hydrogen) atoms. The van der Waals surface area contributed by atoms with Crippen molar-refractivity contribution in [1.29, 1.82) is 0 Å². The molecule has 1 aromatic heterocycles. The molecule has 2 unspecified atom stereocenters. The normalized spacial score (nSPS) is 22.1. The van der Waals surface area contributed by atoms with Gasteiger partial charge in [-0.2, -0.15) is 0 Å². The van der Waals surface area contributed by atoms with Gasteiger partial charge in [0.05, 0.1) is 6.61 Å². The van der Waals surface area contributed by atoms with Crippen molar-refractivity contribution < 1.29 is 24.5 Å². The number of carbonyl (C=O) groups is 2. The highest BCUT2D eigenvalue weighted by Crippen LogP contribution is 2.33. The zero-order valence-electron chi connectivity index (χ0n) is 13.1. The molecule has 0 aromatic carbocycles. The average molecular weight is 322 g/mol. The summed E-state index contributed by atoms with van der Waals surface area (Å²) in [6.07, 6.45) is 3.52. The van der Waals surface area contributed by atoms with Gasteiger partial charge in [0.1, 0.15) is 11.6 Å². The average Bonchev–Trinajstić information content (AvgIpc) is 2.98. The second-order valence-corrected chi connectivity index (χ2v) is 5.71. The first kappa shape index (κ1) is 17.4. The number of pyridine rings is 1. The van der Waals surface area contributed by atoms with Crippen LogP contribution in [0.25, 0.3) is 0 Å². The van der Waals surface area contributed by atoms with Crippen LogP contribution in [0.5, 0.6) is 0 Å². The Morgan fingerprint density at radius 3 is 2.74 bits per heavy atom. The summed E-state index contributed by atoms with van der Waals surface area (Å²) in [5, 5.41) is 18.7. The summed E-state index contributed by atoms with van der Waals surface area (Å²) in [7, 11) is 0. The number of carboxylic acid groups (broad SMARTS) is 1. The van der Waals surface area contributed by atoms with Crippen molar-refractivity contribution in [1.82, 2.24) is 9.88 Å². The van der Waals surface area contributed by atoms with Crippen LogP contribution in [0.1, 0.15) is 31.7 Å². The quantitative estimate of drug-likeness (QED) is 0.771.